The molecule has 0 aliphatic heterocycles. The van der Waals surface area contributed by atoms with Gasteiger partial charge in [-0.25, -0.2) is 0 Å². The summed E-state index contributed by atoms with van der Waals surface area (Å²) in [5.41, 5.74) is 0.737. The van der Waals surface area contributed by atoms with Crippen LogP contribution >= 0.6 is 15.9 Å². The van der Waals surface area contributed by atoms with E-state index in [-0.39, 0.29) is 11.7 Å². The van der Waals surface area contributed by atoms with Gasteiger partial charge in [0, 0.05) is 12.5 Å². The van der Waals surface area contributed by atoms with E-state index in [1.165, 1.54) is 0 Å². The number of nitrogens with zero attached hydrogens (tertiary/aromatic N) is 3. The van der Waals surface area contributed by atoms with Gasteiger partial charge in [-0.2, -0.15) is 5.10 Å². The molecule has 0 N–H and O–H groups in total. The van der Waals surface area contributed by atoms with Crippen LogP contribution in [0.3, 0.4) is 0 Å². The molecular weight excluding hydrogens is 282 g/mol. The van der Waals surface area contributed by atoms with Crippen molar-refractivity contribution >= 4 is 21.7 Å². The fourth-order valence-corrected chi connectivity index (χ4v) is 2.43. The lowest BCUT2D eigenvalue weighted by atomic mass is 10.1. The minimum absolute atomic E-state index is 0.209. The maximum absolute atomic E-state index is 12.3. The number of ketones is 1. The molecule has 1 aromatic rings. The van der Waals surface area contributed by atoms with Crippen LogP contribution in [0.4, 0.5) is 0 Å². The van der Waals surface area contributed by atoms with Crippen LogP contribution in [0.25, 0.3) is 0 Å². The molecule has 94 valence electrons. The summed E-state index contributed by atoms with van der Waals surface area (Å²) in [6, 6.07) is 0. The zero-order chi connectivity index (χ0) is 12.6. The van der Waals surface area contributed by atoms with Gasteiger partial charge < -0.3 is 4.90 Å². The van der Waals surface area contributed by atoms with Crippen LogP contribution in [0.1, 0.15) is 23.8 Å². The molecule has 1 aliphatic rings. The standard InChI is InChI=1S/C12H18BrN3O/c1-8-6-9(8)12(17)11-10(13)7-14-16(11)5-4-15(2)3/h7-9H,4-6H2,1-3H3. The molecule has 2 unspecified atom stereocenters. The highest BCUT2D eigenvalue weighted by Crippen LogP contribution is 2.41. The van der Waals surface area contributed by atoms with Crippen LogP contribution in [0.15, 0.2) is 10.7 Å². The molecule has 4 nitrogen and oxygen atoms in total. The summed E-state index contributed by atoms with van der Waals surface area (Å²) in [6.07, 6.45) is 2.74. The number of aromatic nitrogens is 2. The molecule has 1 saturated carbocycles. The Bertz CT molecular complexity index is 427. The summed E-state index contributed by atoms with van der Waals surface area (Å²) in [5.74, 6) is 0.980. The first kappa shape index (κ1) is 12.8. The van der Waals surface area contributed by atoms with Crippen molar-refractivity contribution in [1.82, 2.24) is 14.7 Å². The molecule has 1 aliphatic carbocycles. The Morgan fingerprint density at radius 1 is 1.65 bits per heavy atom. The van der Waals surface area contributed by atoms with E-state index in [0.717, 1.165) is 29.7 Å². The van der Waals surface area contributed by atoms with E-state index >= 15 is 0 Å². The smallest absolute Gasteiger partial charge is 0.185 e. The number of hydrogen-bond acceptors (Lipinski definition) is 3. The van der Waals surface area contributed by atoms with Gasteiger partial charge in [-0.15, -0.1) is 0 Å². The van der Waals surface area contributed by atoms with Crippen LogP contribution in [0, 0.1) is 11.8 Å². The molecule has 2 rings (SSSR count). The van der Waals surface area contributed by atoms with Crippen molar-refractivity contribution in [3.63, 3.8) is 0 Å². The fraction of sp³-hybridized carbons (Fsp3) is 0.667. The Morgan fingerprint density at radius 3 is 2.82 bits per heavy atom. The van der Waals surface area contributed by atoms with Crippen LogP contribution in [0.5, 0.6) is 0 Å². The van der Waals surface area contributed by atoms with Gasteiger partial charge in [-0.3, -0.25) is 9.48 Å². The number of halogens is 1. The van der Waals surface area contributed by atoms with Crippen molar-refractivity contribution in [2.24, 2.45) is 11.8 Å². The van der Waals surface area contributed by atoms with Gasteiger partial charge in [-0.05, 0) is 42.4 Å². The second-order valence-electron chi connectivity index (χ2n) is 5.05. The first-order chi connectivity index (χ1) is 8.00. The summed E-state index contributed by atoms with van der Waals surface area (Å²) >= 11 is 3.42. The van der Waals surface area contributed by atoms with E-state index in [2.05, 4.69) is 32.9 Å². The van der Waals surface area contributed by atoms with Gasteiger partial charge in [0.1, 0.15) is 5.69 Å². The van der Waals surface area contributed by atoms with Crippen molar-refractivity contribution in [2.75, 3.05) is 20.6 Å². The van der Waals surface area contributed by atoms with Crippen molar-refractivity contribution in [3.05, 3.63) is 16.4 Å². The second-order valence-corrected chi connectivity index (χ2v) is 5.91. The van der Waals surface area contributed by atoms with Crippen LogP contribution < -0.4 is 0 Å². The lowest BCUT2D eigenvalue weighted by Gasteiger charge is -2.11. The van der Waals surface area contributed by atoms with Crippen molar-refractivity contribution in [3.8, 4) is 0 Å². The molecule has 0 amide bonds. The molecule has 17 heavy (non-hydrogen) atoms. The summed E-state index contributed by atoms with van der Waals surface area (Å²) in [5, 5.41) is 4.27. The van der Waals surface area contributed by atoms with E-state index in [0.29, 0.717) is 5.92 Å². The SMILES string of the molecule is CC1CC1C(=O)c1c(Br)cnn1CCN(C)C. The maximum atomic E-state index is 12.3. The zero-order valence-electron chi connectivity index (χ0n) is 10.5. The highest BCUT2D eigenvalue weighted by atomic mass is 79.9. The second kappa shape index (κ2) is 4.90. The lowest BCUT2D eigenvalue weighted by molar-refractivity contribution is 0.0950. The number of hydrogen-bond donors (Lipinski definition) is 0. The van der Waals surface area contributed by atoms with E-state index in [4.69, 9.17) is 0 Å². The van der Waals surface area contributed by atoms with Gasteiger partial charge in [0.15, 0.2) is 5.78 Å². The van der Waals surface area contributed by atoms with E-state index in [1.807, 2.05) is 18.8 Å². The molecule has 0 spiro atoms. The zero-order valence-corrected chi connectivity index (χ0v) is 12.1. The van der Waals surface area contributed by atoms with Gasteiger partial charge in [0.2, 0.25) is 0 Å². The van der Waals surface area contributed by atoms with Crippen molar-refractivity contribution < 1.29 is 4.79 Å². The van der Waals surface area contributed by atoms with Gasteiger partial charge >= 0.3 is 0 Å². The molecule has 0 bridgehead atoms. The molecule has 1 fully saturated rings. The van der Waals surface area contributed by atoms with Gasteiger partial charge in [0.25, 0.3) is 0 Å². The largest absolute Gasteiger partial charge is 0.308 e. The fourth-order valence-electron chi connectivity index (χ4n) is 1.93. The highest BCUT2D eigenvalue weighted by molar-refractivity contribution is 9.10. The van der Waals surface area contributed by atoms with Gasteiger partial charge in [0.05, 0.1) is 17.2 Å². The Hall–Kier alpha value is -0.680. The van der Waals surface area contributed by atoms with Crippen molar-refractivity contribution in [2.45, 2.75) is 19.9 Å². The average molecular weight is 300 g/mol. The Balaban J connectivity index is 2.14. The topological polar surface area (TPSA) is 38.1 Å². The number of Topliss-reactive ketones (excluding diaryl/α,β-unsaturated/α-hetero) is 1. The van der Waals surface area contributed by atoms with Crippen LogP contribution in [-0.2, 0) is 6.54 Å². The predicted molar refractivity (Wildman–Crippen MR) is 70.1 cm³/mol. The lowest BCUT2D eigenvalue weighted by Crippen LogP contribution is -2.22. The minimum atomic E-state index is 0.209. The normalized spacial score (nSPS) is 23.1. The number of carbonyl (C=O) groups is 1. The minimum Gasteiger partial charge on any atom is -0.308 e. The quantitative estimate of drug-likeness (QED) is 0.781. The summed E-state index contributed by atoms with van der Waals surface area (Å²) in [4.78, 5) is 14.3. The molecule has 1 aromatic heterocycles. The van der Waals surface area contributed by atoms with E-state index in [9.17, 15) is 4.79 Å². The van der Waals surface area contributed by atoms with E-state index < -0.39 is 0 Å². The summed E-state index contributed by atoms with van der Waals surface area (Å²) < 4.78 is 2.64. The average Bonchev–Trinajstić information content (AvgIpc) is 2.86. The highest BCUT2D eigenvalue weighted by Gasteiger charge is 2.41. The molecular formula is C12H18BrN3O. The van der Waals surface area contributed by atoms with Crippen molar-refractivity contribution in [1.29, 1.82) is 0 Å². The molecule has 1 heterocycles. The predicted octanol–water partition coefficient (Wildman–Crippen LogP) is 2.05. The Morgan fingerprint density at radius 2 is 2.29 bits per heavy atom. The first-order valence-electron chi connectivity index (χ1n) is 5.91. The number of likely N-dealkylation sites (N-methyl/N-ethyl adjacent to an activating group) is 1. The molecule has 5 heteroatoms. The van der Waals surface area contributed by atoms with Gasteiger partial charge in [-0.1, -0.05) is 6.92 Å². The first-order valence-corrected chi connectivity index (χ1v) is 6.70. The summed E-state index contributed by atoms with van der Waals surface area (Å²) in [7, 11) is 4.03. The third-order valence-corrected chi connectivity index (χ3v) is 3.81. The monoisotopic (exact) mass is 299 g/mol. The summed E-state index contributed by atoms with van der Waals surface area (Å²) in [6.45, 7) is 3.76. The van der Waals surface area contributed by atoms with E-state index in [1.54, 1.807) is 6.20 Å². The molecule has 0 radical (unpaired) electrons. The third-order valence-electron chi connectivity index (χ3n) is 3.23. The van der Waals surface area contributed by atoms with Crippen LogP contribution in [0.2, 0.25) is 0 Å². The Labute approximate surface area is 110 Å². The maximum Gasteiger partial charge on any atom is 0.185 e. The molecule has 0 aromatic carbocycles. The number of carbonyl (C=O) groups excluding carboxylic acids is 1. The molecule has 0 saturated heterocycles. The number of rotatable bonds is 5. The Kier molecular flexibility index (Phi) is 3.68. The van der Waals surface area contributed by atoms with Crippen LogP contribution in [-0.4, -0.2) is 41.1 Å². The third kappa shape index (κ3) is 2.77. The molecule has 2 atom stereocenters.